The first-order chi connectivity index (χ1) is 28.8. The number of nitrogens with one attached hydrogen (secondary N) is 2. The second-order valence-corrected chi connectivity index (χ2v) is 16.9. The number of alkyl halides is 4. The van der Waals surface area contributed by atoms with Gasteiger partial charge in [-0.15, -0.1) is 0 Å². The van der Waals surface area contributed by atoms with Crippen molar-refractivity contribution in [3.8, 4) is 16.9 Å². The molecule has 318 valence electrons. The number of sulfonamides is 1. The molecule has 0 saturated heterocycles. The normalized spacial score (nSPS) is 14.0. The molecule has 14 nitrogen and oxygen atoms in total. The summed E-state index contributed by atoms with van der Waals surface area (Å²) in [5.74, 6) is -6.84. The molecule has 1 aliphatic carbocycles. The highest BCUT2D eigenvalue weighted by Gasteiger charge is 2.41. The van der Waals surface area contributed by atoms with E-state index in [0.29, 0.717) is 16.7 Å². The van der Waals surface area contributed by atoms with Crippen molar-refractivity contribution >= 4 is 55.2 Å². The number of hydrogen-bond donors (Lipinski definition) is 2. The quantitative estimate of drug-likeness (QED) is 0.117. The van der Waals surface area contributed by atoms with E-state index in [1.807, 2.05) is 0 Å². The van der Waals surface area contributed by atoms with Gasteiger partial charge in [0.15, 0.2) is 5.82 Å². The molecule has 3 aromatic carbocycles. The Kier molecular flexibility index (Phi) is 10.7. The highest BCUT2D eigenvalue weighted by atomic mass is 35.5. The lowest BCUT2D eigenvalue weighted by atomic mass is 10.0. The Morgan fingerprint density at radius 2 is 1.69 bits per heavy atom. The van der Waals surface area contributed by atoms with Crippen molar-refractivity contribution in [2.75, 3.05) is 11.0 Å². The summed E-state index contributed by atoms with van der Waals surface area (Å²) in [4.78, 5) is 33.7. The van der Waals surface area contributed by atoms with E-state index in [0.717, 1.165) is 47.7 Å². The number of carbonyl (C=O) groups is 1. The number of halogens is 7. The number of aromatic nitrogens is 8. The van der Waals surface area contributed by atoms with Gasteiger partial charge in [0.2, 0.25) is 15.9 Å². The Bertz CT molecular complexity index is 3020. The van der Waals surface area contributed by atoms with E-state index in [9.17, 15) is 44.3 Å². The maximum Gasteiger partial charge on any atom is 0.326 e. The van der Waals surface area contributed by atoms with Gasteiger partial charge in [0.05, 0.1) is 56.2 Å². The number of hydrogen-bond acceptors (Lipinski definition) is 8. The van der Waals surface area contributed by atoms with Gasteiger partial charge in [-0.1, -0.05) is 17.7 Å². The second-order valence-electron chi connectivity index (χ2n) is 14.8. The first-order valence-electron chi connectivity index (χ1n) is 18.5. The monoisotopic (exact) mass is 886 g/mol. The van der Waals surface area contributed by atoms with E-state index in [2.05, 4.69) is 25.3 Å². The van der Waals surface area contributed by atoms with Crippen molar-refractivity contribution in [3.63, 3.8) is 0 Å². The average Bonchev–Trinajstić information content (AvgIpc) is 3.58. The Morgan fingerprint density at radius 3 is 2.38 bits per heavy atom. The largest absolute Gasteiger partial charge is 0.344 e. The van der Waals surface area contributed by atoms with Gasteiger partial charge in [-0.3, -0.25) is 32.9 Å². The van der Waals surface area contributed by atoms with Crippen LogP contribution in [0.4, 0.5) is 32.2 Å². The fourth-order valence-corrected chi connectivity index (χ4v) is 7.86. The number of carbonyl (C=O) groups excluding carboxylic acids is 1. The summed E-state index contributed by atoms with van der Waals surface area (Å²) < 4.78 is 115. The Labute approximate surface area is 346 Å². The van der Waals surface area contributed by atoms with Crippen molar-refractivity contribution in [3.05, 3.63) is 117 Å². The van der Waals surface area contributed by atoms with Crippen LogP contribution in [0.5, 0.6) is 0 Å². The minimum atomic E-state index is -4.36. The lowest BCUT2D eigenvalue weighted by Gasteiger charge is -2.24. The number of aryl methyl sites for hydroxylation is 1. The summed E-state index contributed by atoms with van der Waals surface area (Å²) in [7, 11) is -2.41. The molecule has 1 aliphatic rings. The van der Waals surface area contributed by atoms with Gasteiger partial charge in [0, 0.05) is 43.4 Å². The first kappa shape index (κ1) is 41.5. The van der Waals surface area contributed by atoms with Gasteiger partial charge in [-0.2, -0.15) is 24.1 Å². The summed E-state index contributed by atoms with van der Waals surface area (Å²) in [6.45, 7) is -1.69. The first-order valence-corrected chi connectivity index (χ1v) is 20.8. The number of benzene rings is 3. The van der Waals surface area contributed by atoms with E-state index in [1.54, 1.807) is 12.3 Å². The van der Waals surface area contributed by atoms with Crippen LogP contribution in [-0.4, -0.2) is 71.8 Å². The van der Waals surface area contributed by atoms with Crippen LogP contribution >= 0.6 is 11.6 Å². The van der Waals surface area contributed by atoms with Crippen molar-refractivity contribution in [1.82, 2.24) is 44.2 Å². The maximum absolute atomic E-state index is 14.9. The summed E-state index contributed by atoms with van der Waals surface area (Å²) in [5.41, 5.74) is 0.696. The lowest BCUT2D eigenvalue weighted by molar-refractivity contribution is -0.139. The topological polar surface area (TPSA) is 164 Å². The molecule has 4 aromatic heterocycles. The average molecular weight is 887 g/mol. The zero-order chi connectivity index (χ0) is 43.5. The fourth-order valence-electron chi connectivity index (χ4n) is 7.12. The summed E-state index contributed by atoms with van der Waals surface area (Å²) in [6.07, 6.45) is 1.33. The number of anilines is 1. The fraction of sp³-hybridized carbons (Fsp3) is 0.282. The highest BCUT2D eigenvalue weighted by molar-refractivity contribution is 7.92. The van der Waals surface area contributed by atoms with Crippen molar-refractivity contribution < 1.29 is 39.6 Å². The van der Waals surface area contributed by atoms with E-state index >= 15 is 0 Å². The van der Waals surface area contributed by atoms with Crippen LogP contribution in [0, 0.1) is 11.6 Å². The van der Waals surface area contributed by atoms with Crippen molar-refractivity contribution in [1.29, 1.82) is 0 Å². The number of rotatable bonds is 14. The van der Waals surface area contributed by atoms with Crippen molar-refractivity contribution in [2.45, 2.75) is 56.7 Å². The second kappa shape index (κ2) is 15.7. The van der Waals surface area contributed by atoms with E-state index in [-0.39, 0.29) is 73.9 Å². The Morgan fingerprint density at radius 1 is 0.967 bits per heavy atom. The van der Waals surface area contributed by atoms with Gasteiger partial charge in [0.25, 0.3) is 5.56 Å². The molecule has 0 unspecified atom stereocenters. The standard InChI is InChI=1S/C39H33ClF6N10O4S/c1-53-34-31(8-7-26(40)33(34)35(51-53)52-61(2,59)60)56-36(48-29-16-22(5-6-25(29)37(56)58)28-10-12-55(50-28)19-39(45,46)38(43)44)30(15-20-13-23(41)17-24(42)14-20)47-32(57)18-54-11-9-27(49-54)21-3-4-21/h5-14,16-17,21,30,38H,3-4,15,18-19H2,1-2H3,(H,47,57)(H,51,52)/t30-/m0/s1. The molecule has 1 atom stereocenters. The highest BCUT2D eigenvalue weighted by Crippen LogP contribution is 2.39. The minimum Gasteiger partial charge on any atom is -0.344 e. The van der Waals surface area contributed by atoms with E-state index in [1.165, 1.54) is 52.8 Å². The minimum absolute atomic E-state index is 0.00155. The summed E-state index contributed by atoms with van der Waals surface area (Å²) >= 11 is 6.62. The third-order valence-corrected chi connectivity index (χ3v) is 10.8. The van der Waals surface area contributed by atoms with Crippen LogP contribution in [-0.2, 0) is 41.4 Å². The third-order valence-electron chi connectivity index (χ3n) is 9.93. The number of nitrogens with zero attached hydrogens (tertiary/aromatic N) is 8. The summed E-state index contributed by atoms with van der Waals surface area (Å²) in [6, 6.07) is 11.6. The predicted octanol–water partition coefficient (Wildman–Crippen LogP) is 6.51. The molecule has 2 N–H and O–H groups in total. The van der Waals surface area contributed by atoms with E-state index < -0.39 is 58.1 Å². The maximum atomic E-state index is 14.9. The lowest BCUT2D eigenvalue weighted by Crippen LogP contribution is -2.37. The molecule has 0 aliphatic heterocycles. The summed E-state index contributed by atoms with van der Waals surface area (Å²) in [5, 5.41) is 15.9. The number of amides is 1. The predicted molar refractivity (Wildman–Crippen MR) is 212 cm³/mol. The molecule has 22 heteroatoms. The van der Waals surface area contributed by atoms with Crippen LogP contribution in [0.2, 0.25) is 5.02 Å². The zero-order valence-electron chi connectivity index (χ0n) is 32.0. The van der Waals surface area contributed by atoms with Gasteiger partial charge >= 0.3 is 12.3 Å². The van der Waals surface area contributed by atoms with Crippen LogP contribution in [0.25, 0.3) is 38.8 Å². The molecule has 61 heavy (non-hydrogen) atoms. The molecular formula is C39H33ClF6N10O4S. The molecule has 0 spiro atoms. The smallest absolute Gasteiger partial charge is 0.326 e. The Balaban J connectivity index is 1.32. The van der Waals surface area contributed by atoms with Gasteiger partial charge < -0.3 is 5.32 Å². The third kappa shape index (κ3) is 8.69. The molecule has 0 radical (unpaired) electrons. The molecule has 1 saturated carbocycles. The van der Waals surface area contributed by atoms with Gasteiger partial charge in [0.1, 0.15) is 30.5 Å². The molecule has 7 aromatic rings. The van der Waals surface area contributed by atoms with E-state index in [4.69, 9.17) is 16.6 Å². The molecule has 8 rings (SSSR count). The van der Waals surface area contributed by atoms with Crippen LogP contribution in [0.15, 0.2) is 77.9 Å². The van der Waals surface area contributed by atoms with Crippen LogP contribution in [0.1, 0.15) is 41.9 Å². The molecule has 1 amide bonds. The van der Waals surface area contributed by atoms with Crippen molar-refractivity contribution in [2.24, 2.45) is 7.05 Å². The van der Waals surface area contributed by atoms with Gasteiger partial charge in [-0.25, -0.2) is 31.0 Å². The molecule has 0 bridgehead atoms. The SMILES string of the molecule is Cn1nc(NS(C)(=O)=O)c2c(Cl)ccc(-n3c([C@H](Cc4cc(F)cc(F)c4)NC(=O)Cn4ccc(C5CC5)n4)nc4cc(-c5ccn(CC(F)(F)C(F)F)n5)ccc4c3=O)c21. The molecular weight excluding hydrogens is 854 g/mol. The molecule has 4 heterocycles. The van der Waals surface area contributed by atoms with Crippen LogP contribution < -0.4 is 15.6 Å². The zero-order valence-corrected chi connectivity index (χ0v) is 33.5. The Hall–Kier alpha value is -6.22. The molecule has 1 fully saturated rings. The van der Waals surface area contributed by atoms with Gasteiger partial charge in [-0.05, 0) is 66.9 Å². The van der Waals surface area contributed by atoms with Crippen LogP contribution in [0.3, 0.4) is 0 Å². The number of fused-ring (bicyclic) bond motifs is 2.